The Bertz CT molecular complexity index is 370. The largest absolute Gasteiger partial charge is 0.481 e. The Morgan fingerprint density at radius 2 is 2.47 bits per heavy atom. The maximum Gasteiger partial charge on any atom is 0.308 e. The number of hydrogen-bond donors (Lipinski definition) is 3. The number of nitrogen functional groups attached to an aromatic ring is 1. The Morgan fingerprint density at radius 1 is 1.80 bits per heavy atom. The molecule has 1 aromatic rings. The number of rotatable bonds is 4. The van der Waals surface area contributed by atoms with E-state index in [1.807, 2.05) is 0 Å². The Kier molecular flexibility index (Phi) is 3.90. The van der Waals surface area contributed by atoms with Gasteiger partial charge in [0, 0.05) is 17.2 Å². The number of carbonyl (C=O) groups is 1. The lowest BCUT2D eigenvalue weighted by atomic mass is 10.2. The summed E-state index contributed by atoms with van der Waals surface area (Å²) in [7, 11) is 0. The summed E-state index contributed by atoms with van der Waals surface area (Å²) in [5, 5.41) is 11.6. The zero-order chi connectivity index (χ0) is 11.4. The minimum atomic E-state index is -0.843. The van der Waals surface area contributed by atoms with Crippen LogP contribution in [0, 0.1) is 5.92 Å². The van der Waals surface area contributed by atoms with E-state index >= 15 is 0 Å². The molecular weight excluding hydrogens is 262 g/mol. The van der Waals surface area contributed by atoms with Gasteiger partial charge in [-0.25, -0.2) is 4.98 Å². The summed E-state index contributed by atoms with van der Waals surface area (Å²) in [5.74, 6) is -0.955. The molecule has 82 valence electrons. The van der Waals surface area contributed by atoms with E-state index in [0.717, 1.165) is 4.47 Å². The summed E-state index contributed by atoms with van der Waals surface area (Å²) < 4.78 is 0.794. The number of anilines is 2. The number of carboxylic acid groups (broad SMARTS) is 1. The van der Waals surface area contributed by atoms with Crippen molar-refractivity contribution in [3.63, 3.8) is 0 Å². The lowest BCUT2D eigenvalue weighted by Crippen LogP contribution is -2.20. The fraction of sp³-hybridized carbons (Fsp3) is 0.333. The van der Waals surface area contributed by atoms with Crippen molar-refractivity contribution < 1.29 is 9.90 Å². The second-order valence-electron chi connectivity index (χ2n) is 3.21. The molecule has 1 atom stereocenters. The van der Waals surface area contributed by atoms with Crippen LogP contribution in [0.25, 0.3) is 0 Å². The SMILES string of the molecule is CC(CNc1cc(Br)cnc1N)C(=O)O. The molecule has 0 saturated carbocycles. The van der Waals surface area contributed by atoms with Gasteiger partial charge < -0.3 is 16.2 Å². The topological polar surface area (TPSA) is 88.2 Å². The van der Waals surface area contributed by atoms with Gasteiger partial charge in [-0.1, -0.05) is 6.92 Å². The number of hydrogen-bond acceptors (Lipinski definition) is 4. The molecule has 6 heteroatoms. The first-order valence-electron chi connectivity index (χ1n) is 4.38. The maximum atomic E-state index is 10.6. The van der Waals surface area contributed by atoms with Gasteiger partial charge in [0.05, 0.1) is 11.6 Å². The zero-order valence-electron chi connectivity index (χ0n) is 8.20. The van der Waals surface area contributed by atoms with Gasteiger partial charge in [-0.2, -0.15) is 0 Å². The standard InChI is InChI=1S/C9H12BrN3O2/c1-5(9(14)15)3-12-7-2-6(10)4-13-8(7)11/h2,4-5,12H,3H2,1H3,(H2,11,13)(H,14,15). The Hall–Kier alpha value is -1.30. The van der Waals surface area contributed by atoms with Crippen LogP contribution in [0.4, 0.5) is 11.5 Å². The third kappa shape index (κ3) is 3.39. The number of carboxylic acids is 1. The molecule has 5 nitrogen and oxygen atoms in total. The van der Waals surface area contributed by atoms with Crippen molar-refractivity contribution in [3.05, 3.63) is 16.7 Å². The monoisotopic (exact) mass is 273 g/mol. The average Bonchev–Trinajstić information content (AvgIpc) is 2.18. The van der Waals surface area contributed by atoms with Crippen molar-refractivity contribution in [2.45, 2.75) is 6.92 Å². The van der Waals surface area contributed by atoms with E-state index in [2.05, 4.69) is 26.2 Å². The zero-order valence-corrected chi connectivity index (χ0v) is 9.78. The van der Waals surface area contributed by atoms with Gasteiger partial charge in [0.2, 0.25) is 0 Å². The molecule has 1 rings (SSSR count). The van der Waals surface area contributed by atoms with Crippen molar-refractivity contribution in [1.82, 2.24) is 4.98 Å². The van der Waals surface area contributed by atoms with Crippen LogP contribution in [0.1, 0.15) is 6.92 Å². The number of aliphatic carboxylic acids is 1. The molecule has 4 N–H and O–H groups in total. The van der Waals surface area contributed by atoms with Crippen LogP contribution in [0.2, 0.25) is 0 Å². The summed E-state index contributed by atoms with van der Waals surface area (Å²) in [6.45, 7) is 1.94. The summed E-state index contributed by atoms with van der Waals surface area (Å²) in [6, 6.07) is 1.76. The highest BCUT2D eigenvalue weighted by atomic mass is 79.9. The molecule has 0 aliphatic rings. The molecular formula is C9H12BrN3O2. The highest BCUT2D eigenvalue weighted by molar-refractivity contribution is 9.10. The second kappa shape index (κ2) is 4.97. The second-order valence-corrected chi connectivity index (χ2v) is 4.12. The summed E-state index contributed by atoms with van der Waals surface area (Å²) in [5.41, 5.74) is 6.25. The average molecular weight is 274 g/mol. The molecule has 1 heterocycles. The third-order valence-corrected chi connectivity index (χ3v) is 2.34. The molecule has 0 aliphatic heterocycles. The van der Waals surface area contributed by atoms with E-state index in [1.165, 1.54) is 0 Å². The first kappa shape index (κ1) is 11.8. The van der Waals surface area contributed by atoms with Crippen LogP contribution in [-0.4, -0.2) is 22.6 Å². The van der Waals surface area contributed by atoms with Gasteiger partial charge in [0.25, 0.3) is 0 Å². The quantitative estimate of drug-likeness (QED) is 0.775. The Morgan fingerprint density at radius 3 is 3.07 bits per heavy atom. The van der Waals surface area contributed by atoms with Gasteiger partial charge in [0.15, 0.2) is 0 Å². The lowest BCUT2D eigenvalue weighted by molar-refractivity contribution is -0.140. The van der Waals surface area contributed by atoms with Crippen LogP contribution in [0.3, 0.4) is 0 Å². The summed E-state index contributed by atoms with van der Waals surface area (Å²) in [4.78, 5) is 14.5. The minimum Gasteiger partial charge on any atom is -0.481 e. The Balaban J connectivity index is 2.65. The predicted octanol–water partition coefficient (Wildman–Crippen LogP) is 1.56. The highest BCUT2D eigenvalue weighted by Crippen LogP contribution is 2.20. The summed E-state index contributed by atoms with van der Waals surface area (Å²) in [6.07, 6.45) is 1.58. The molecule has 0 saturated heterocycles. The van der Waals surface area contributed by atoms with Crippen molar-refractivity contribution in [2.24, 2.45) is 5.92 Å². The highest BCUT2D eigenvalue weighted by Gasteiger charge is 2.11. The van der Waals surface area contributed by atoms with Gasteiger partial charge in [0.1, 0.15) is 5.82 Å². The van der Waals surface area contributed by atoms with E-state index in [9.17, 15) is 4.79 Å². The van der Waals surface area contributed by atoms with E-state index < -0.39 is 11.9 Å². The number of nitrogens with zero attached hydrogens (tertiary/aromatic N) is 1. The predicted molar refractivity (Wildman–Crippen MR) is 61.6 cm³/mol. The Labute approximate surface area is 95.8 Å². The van der Waals surface area contributed by atoms with Crippen molar-refractivity contribution in [3.8, 4) is 0 Å². The number of pyridine rings is 1. The molecule has 1 unspecified atom stereocenters. The first-order valence-corrected chi connectivity index (χ1v) is 5.17. The van der Waals surface area contributed by atoms with E-state index in [0.29, 0.717) is 18.1 Å². The molecule has 15 heavy (non-hydrogen) atoms. The van der Waals surface area contributed by atoms with Gasteiger partial charge >= 0.3 is 5.97 Å². The van der Waals surface area contributed by atoms with Crippen molar-refractivity contribution >= 4 is 33.4 Å². The van der Waals surface area contributed by atoms with E-state index in [-0.39, 0.29) is 0 Å². The molecule has 0 spiro atoms. The third-order valence-electron chi connectivity index (χ3n) is 1.91. The molecule has 0 aliphatic carbocycles. The van der Waals surface area contributed by atoms with Crippen molar-refractivity contribution in [1.29, 1.82) is 0 Å². The summed E-state index contributed by atoms with van der Waals surface area (Å²) >= 11 is 3.26. The van der Waals surface area contributed by atoms with Crippen LogP contribution in [-0.2, 0) is 4.79 Å². The van der Waals surface area contributed by atoms with Crippen LogP contribution in [0.5, 0.6) is 0 Å². The maximum absolute atomic E-state index is 10.6. The van der Waals surface area contributed by atoms with Gasteiger partial charge in [-0.05, 0) is 22.0 Å². The molecule has 0 amide bonds. The van der Waals surface area contributed by atoms with Crippen LogP contribution >= 0.6 is 15.9 Å². The van der Waals surface area contributed by atoms with Crippen LogP contribution < -0.4 is 11.1 Å². The normalized spacial score (nSPS) is 12.1. The molecule has 0 fully saturated rings. The first-order chi connectivity index (χ1) is 7.00. The van der Waals surface area contributed by atoms with Gasteiger partial charge in [-0.15, -0.1) is 0 Å². The minimum absolute atomic E-state index is 0.317. The molecule has 0 bridgehead atoms. The molecule has 1 aromatic heterocycles. The number of halogens is 1. The van der Waals surface area contributed by atoms with E-state index in [4.69, 9.17) is 10.8 Å². The van der Waals surface area contributed by atoms with Crippen molar-refractivity contribution in [2.75, 3.05) is 17.6 Å². The fourth-order valence-electron chi connectivity index (χ4n) is 0.942. The van der Waals surface area contributed by atoms with E-state index in [1.54, 1.807) is 19.2 Å². The number of nitrogens with one attached hydrogen (secondary N) is 1. The lowest BCUT2D eigenvalue weighted by Gasteiger charge is -2.11. The van der Waals surface area contributed by atoms with Crippen LogP contribution in [0.15, 0.2) is 16.7 Å². The molecule has 0 radical (unpaired) electrons. The van der Waals surface area contributed by atoms with Gasteiger partial charge in [-0.3, -0.25) is 4.79 Å². The fourth-order valence-corrected chi connectivity index (χ4v) is 1.27. The molecule has 0 aromatic carbocycles. The smallest absolute Gasteiger partial charge is 0.308 e. The number of nitrogens with two attached hydrogens (primary N) is 1. The number of aromatic nitrogens is 1.